The van der Waals surface area contributed by atoms with E-state index in [1.54, 1.807) is 26.4 Å². The topological polar surface area (TPSA) is 76.7 Å². The number of carbonyl (C=O) groups is 2. The summed E-state index contributed by atoms with van der Waals surface area (Å²) in [7, 11) is 3.17. The summed E-state index contributed by atoms with van der Waals surface area (Å²) in [5, 5.41) is 5.46. The van der Waals surface area contributed by atoms with Gasteiger partial charge in [0.15, 0.2) is 0 Å². The summed E-state index contributed by atoms with van der Waals surface area (Å²) in [5.41, 5.74) is 0.838. The summed E-state index contributed by atoms with van der Waals surface area (Å²) in [6, 6.07) is 5.21. The minimum absolute atomic E-state index is 0.138. The molecule has 116 valence electrons. The minimum Gasteiger partial charge on any atom is -0.497 e. The maximum absolute atomic E-state index is 11.8. The highest BCUT2D eigenvalue weighted by molar-refractivity contribution is 5.78. The van der Waals surface area contributed by atoms with Gasteiger partial charge in [0.2, 0.25) is 11.8 Å². The number of rotatable bonds is 7. The van der Waals surface area contributed by atoms with E-state index < -0.39 is 0 Å². The first-order valence-corrected chi connectivity index (χ1v) is 6.73. The summed E-state index contributed by atoms with van der Waals surface area (Å²) < 4.78 is 10.5. The normalized spacial score (nSPS) is 11.4. The van der Waals surface area contributed by atoms with E-state index in [1.807, 2.05) is 13.0 Å². The van der Waals surface area contributed by atoms with Crippen LogP contribution in [0.2, 0.25) is 0 Å². The van der Waals surface area contributed by atoms with Gasteiger partial charge in [0.25, 0.3) is 0 Å². The molecule has 1 aromatic carbocycles. The number of amides is 2. The molecule has 0 aromatic heterocycles. The lowest BCUT2D eigenvalue weighted by Crippen LogP contribution is -2.31. The van der Waals surface area contributed by atoms with E-state index in [1.165, 1.54) is 6.92 Å². The molecule has 1 aromatic rings. The van der Waals surface area contributed by atoms with Crippen molar-refractivity contribution in [3.05, 3.63) is 23.8 Å². The maximum Gasteiger partial charge on any atom is 0.222 e. The highest BCUT2D eigenvalue weighted by atomic mass is 16.5. The Balaban J connectivity index is 2.67. The average Bonchev–Trinajstić information content (AvgIpc) is 2.45. The van der Waals surface area contributed by atoms with Gasteiger partial charge in [-0.3, -0.25) is 9.59 Å². The van der Waals surface area contributed by atoms with Crippen molar-refractivity contribution in [3.8, 4) is 11.5 Å². The molecule has 0 aliphatic rings. The number of ether oxygens (including phenoxy) is 2. The molecule has 2 amide bonds. The molecule has 1 rings (SSSR count). The van der Waals surface area contributed by atoms with Crippen LogP contribution in [0.5, 0.6) is 11.5 Å². The fourth-order valence-electron chi connectivity index (χ4n) is 1.92. The predicted molar refractivity (Wildman–Crippen MR) is 79.4 cm³/mol. The smallest absolute Gasteiger partial charge is 0.222 e. The van der Waals surface area contributed by atoms with Crippen LogP contribution in [-0.2, 0) is 9.59 Å². The van der Waals surface area contributed by atoms with Crippen molar-refractivity contribution in [2.24, 2.45) is 0 Å². The van der Waals surface area contributed by atoms with Crippen LogP contribution in [0.15, 0.2) is 18.2 Å². The fourth-order valence-corrected chi connectivity index (χ4v) is 1.92. The first-order valence-electron chi connectivity index (χ1n) is 6.73. The molecule has 0 radical (unpaired) electrons. The molecule has 6 nitrogen and oxygen atoms in total. The van der Waals surface area contributed by atoms with E-state index in [4.69, 9.17) is 9.47 Å². The Morgan fingerprint density at radius 1 is 1.24 bits per heavy atom. The summed E-state index contributed by atoms with van der Waals surface area (Å²) in [6.07, 6.45) is 0.232. The lowest BCUT2D eigenvalue weighted by molar-refractivity contribution is -0.122. The number of benzene rings is 1. The highest BCUT2D eigenvalue weighted by Crippen LogP contribution is 2.29. The van der Waals surface area contributed by atoms with Gasteiger partial charge >= 0.3 is 0 Å². The highest BCUT2D eigenvalue weighted by Gasteiger charge is 2.15. The number of nitrogens with one attached hydrogen (secondary N) is 2. The number of methoxy groups -OCH3 is 2. The standard InChI is InChI=1S/C15H22N2O4/c1-10(17-15(19)7-8-16-11(2)18)13-9-12(20-3)5-6-14(13)21-4/h5-6,9-10H,7-8H2,1-4H3,(H,16,18)(H,17,19). The van der Waals surface area contributed by atoms with Crippen LogP contribution in [-0.4, -0.2) is 32.6 Å². The molecule has 1 atom stereocenters. The molecular weight excluding hydrogens is 272 g/mol. The molecule has 0 heterocycles. The predicted octanol–water partition coefficient (Wildman–Crippen LogP) is 1.41. The number of hydrogen-bond donors (Lipinski definition) is 2. The van der Waals surface area contributed by atoms with Crippen LogP contribution in [0.1, 0.15) is 31.9 Å². The van der Waals surface area contributed by atoms with Gasteiger partial charge in [0.1, 0.15) is 11.5 Å². The number of hydrogen-bond acceptors (Lipinski definition) is 4. The largest absolute Gasteiger partial charge is 0.497 e. The van der Waals surface area contributed by atoms with E-state index in [9.17, 15) is 9.59 Å². The number of carbonyl (C=O) groups excluding carboxylic acids is 2. The van der Waals surface area contributed by atoms with Crippen molar-refractivity contribution in [2.45, 2.75) is 26.3 Å². The zero-order valence-electron chi connectivity index (χ0n) is 12.9. The third-order valence-electron chi connectivity index (χ3n) is 3.01. The second kappa shape index (κ2) is 8.14. The van der Waals surface area contributed by atoms with Crippen LogP contribution in [0.4, 0.5) is 0 Å². The molecule has 0 saturated heterocycles. The molecule has 0 fully saturated rings. The van der Waals surface area contributed by atoms with Gasteiger partial charge in [-0.2, -0.15) is 0 Å². The minimum atomic E-state index is -0.222. The van der Waals surface area contributed by atoms with E-state index in [0.717, 1.165) is 5.56 Å². The summed E-state index contributed by atoms with van der Waals surface area (Å²) in [5.74, 6) is 1.10. The third-order valence-corrected chi connectivity index (χ3v) is 3.01. The van der Waals surface area contributed by atoms with E-state index in [2.05, 4.69) is 10.6 Å². The molecule has 21 heavy (non-hydrogen) atoms. The Morgan fingerprint density at radius 3 is 2.52 bits per heavy atom. The maximum atomic E-state index is 11.8. The zero-order chi connectivity index (χ0) is 15.8. The molecule has 0 bridgehead atoms. The second-order valence-corrected chi connectivity index (χ2v) is 4.63. The van der Waals surface area contributed by atoms with Gasteiger partial charge in [0, 0.05) is 25.5 Å². The lowest BCUT2D eigenvalue weighted by Gasteiger charge is -2.18. The Bertz CT molecular complexity index is 502. The first kappa shape index (κ1) is 16.8. The fraction of sp³-hybridized carbons (Fsp3) is 0.467. The third kappa shape index (κ3) is 5.33. The summed E-state index contributed by atoms with van der Waals surface area (Å²) in [6.45, 7) is 3.61. The van der Waals surface area contributed by atoms with Gasteiger partial charge in [-0.25, -0.2) is 0 Å². The SMILES string of the molecule is COc1ccc(OC)c(C(C)NC(=O)CCNC(C)=O)c1. The Labute approximate surface area is 124 Å². The van der Waals surface area contributed by atoms with Gasteiger partial charge in [-0.1, -0.05) is 0 Å². The second-order valence-electron chi connectivity index (χ2n) is 4.63. The van der Waals surface area contributed by atoms with Gasteiger partial charge in [-0.05, 0) is 25.1 Å². The zero-order valence-corrected chi connectivity index (χ0v) is 12.9. The van der Waals surface area contributed by atoms with Crippen molar-refractivity contribution in [1.29, 1.82) is 0 Å². The molecule has 2 N–H and O–H groups in total. The van der Waals surface area contributed by atoms with Gasteiger partial charge in [0.05, 0.1) is 20.3 Å². The quantitative estimate of drug-likeness (QED) is 0.797. The van der Waals surface area contributed by atoms with E-state index >= 15 is 0 Å². The van der Waals surface area contributed by atoms with Crippen molar-refractivity contribution < 1.29 is 19.1 Å². The first-order chi connectivity index (χ1) is 9.97. The van der Waals surface area contributed by atoms with Gasteiger partial charge < -0.3 is 20.1 Å². The molecule has 0 aliphatic heterocycles. The van der Waals surface area contributed by atoms with Crippen LogP contribution < -0.4 is 20.1 Å². The summed E-state index contributed by atoms with van der Waals surface area (Å²) >= 11 is 0. The van der Waals surface area contributed by atoms with Crippen LogP contribution in [0.3, 0.4) is 0 Å². The molecule has 0 saturated carbocycles. The van der Waals surface area contributed by atoms with Crippen LogP contribution in [0, 0.1) is 0 Å². The van der Waals surface area contributed by atoms with Crippen LogP contribution in [0.25, 0.3) is 0 Å². The van der Waals surface area contributed by atoms with E-state index in [0.29, 0.717) is 18.0 Å². The molecule has 0 aliphatic carbocycles. The van der Waals surface area contributed by atoms with Crippen molar-refractivity contribution in [3.63, 3.8) is 0 Å². The van der Waals surface area contributed by atoms with E-state index in [-0.39, 0.29) is 24.3 Å². The Kier molecular flexibility index (Phi) is 6.52. The average molecular weight is 294 g/mol. The van der Waals surface area contributed by atoms with Crippen molar-refractivity contribution in [2.75, 3.05) is 20.8 Å². The molecule has 0 spiro atoms. The lowest BCUT2D eigenvalue weighted by atomic mass is 10.1. The van der Waals surface area contributed by atoms with Crippen molar-refractivity contribution >= 4 is 11.8 Å². The Hall–Kier alpha value is -2.24. The van der Waals surface area contributed by atoms with Gasteiger partial charge in [-0.15, -0.1) is 0 Å². The summed E-state index contributed by atoms with van der Waals surface area (Å²) in [4.78, 5) is 22.6. The van der Waals surface area contributed by atoms with Crippen LogP contribution >= 0.6 is 0 Å². The molecular formula is C15H22N2O4. The van der Waals surface area contributed by atoms with Crippen molar-refractivity contribution in [1.82, 2.24) is 10.6 Å². The monoisotopic (exact) mass is 294 g/mol. The molecule has 6 heteroatoms. The molecule has 1 unspecified atom stereocenters. The Morgan fingerprint density at radius 2 is 1.95 bits per heavy atom.